The number of carbonyl (C=O) groups is 1. The molecule has 2 aromatic carbocycles. The molecule has 1 amide bonds. The van der Waals surface area contributed by atoms with Gasteiger partial charge in [-0.25, -0.2) is 14.7 Å². The number of hydrogen-bond donors (Lipinski definition) is 2. The highest BCUT2D eigenvalue weighted by Gasteiger charge is 2.19. The van der Waals surface area contributed by atoms with E-state index in [2.05, 4.69) is 25.2 Å². The van der Waals surface area contributed by atoms with E-state index < -0.39 is 5.82 Å². The largest absolute Gasteiger partial charge is 0.507 e. The summed E-state index contributed by atoms with van der Waals surface area (Å²) in [4.78, 5) is 20.0. The second-order valence-corrected chi connectivity index (χ2v) is 7.88. The number of phenols is 1. The fourth-order valence-electron chi connectivity index (χ4n) is 3.69. The average molecular weight is 438 g/mol. The molecule has 1 fully saturated rings. The number of amides is 1. The molecule has 2 N–H and O–H groups in total. The lowest BCUT2D eigenvalue weighted by atomic mass is 10.1. The van der Waals surface area contributed by atoms with Crippen LogP contribution in [0.2, 0.25) is 0 Å². The van der Waals surface area contributed by atoms with Gasteiger partial charge in [-0.05, 0) is 29.7 Å². The summed E-state index contributed by atoms with van der Waals surface area (Å²) in [5.41, 5.74) is 5.03. The van der Waals surface area contributed by atoms with Crippen molar-refractivity contribution in [2.45, 2.75) is 26.3 Å². The summed E-state index contributed by atoms with van der Waals surface area (Å²) in [6, 6.07) is 10.1. The van der Waals surface area contributed by atoms with Crippen molar-refractivity contribution in [2.24, 2.45) is 5.10 Å². The van der Waals surface area contributed by atoms with E-state index in [1.807, 2.05) is 31.2 Å². The van der Waals surface area contributed by atoms with Gasteiger partial charge in [-0.1, -0.05) is 37.6 Å². The molecule has 1 aliphatic rings. The van der Waals surface area contributed by atoms with Gasteiger partial charge in [-0.3, -0.25) is 14.6 Å². The summed E-state index contributed by atoms with van der Waals surface area (Å²) < 4.78 is 13.7. The smallest absolute Gasteiger partial charge is 0.254 e. The van der Waals surface area contributed by atoms with E-state index in [1.165, 1.54) is 23.9 Å². The van der Waals surface area contributed by atoms with Gasteiger partial charge in [0, 0.05) is 38.3 Å². The van der Waals surface area contributed by atoms with Crippen LogP contribution in [-0.4, -0.2) is 59.8 Å². The number of rotatable bonds is 8. The highest BCUT2D eigenvalue weighted by Crippen LogP contribution is 2.24. The first kappa shape index (κ1) is 23.4. The van der Waals surface area contributed by atoms with Crippen LogP contribution < -0.4 is 5.43 Å². The third kappa shape index (κ3) is 6.61. The Labute approximate surface area is 188 Å². The van der Waals surface area contributed by atoms with Gasteiger partial charge in [0.05, 0.1) is 19.3 Å². The molecular weight excluding hydrogens is 409 g/mol. The molecule has 0 saturated carbocycles. The number of phenolic OH excluding ortho intramolecular Hbond substituents is 1. The number of nitrogens with zero attached hydrogens (tertiary/aromatic N) is 4. The predicted octanol–water partition coefficient (Wildman–Crippen LogP) is 3.30. The highest BCUT2D eigenvalue weighted by molar-refractivity contribution is 5.86. The van der Waals surface area contributed by atoms with Crippen LogP contribution in [0.15, 0.2) is 41.5 Å². The Hall–Kier alpha value is -3.28. The lowest BCUT2D eigenvalue weighted by molar-refractivity contribution is -0.122. The van der Waals surface area contributed by atoms with Crippen molar-refractivity contribution in [3.05, 3.63) is 70.3 Å². The number of hydrazone groups is 1. The number of benzene rings is 2. The molecule has 32 heavy (non-hydrogen) atoms. The molecule has 1 heterocycles. The van der Waals surface area contributed by atoms with Crippen LogP contribution in [0.25, 0.3) is 4.85 Å². The van der Waals surface area contributed by atoms with E-state index in [0.717, 1.165) is 39.1 Å². The number of aromatic hydroxyl groups is 1. The van der Waals surface area contributed by atoms with E-state index in [0.29, 0.717) is 17.7 Å². The zero-order chi connectivity index (χ0) is 22.9. The summed E-state index contributed by atoms with van der Waals surface area (Å²) in [5, 5.41) is 14.1. The third-order valence-corrected chi connectivity index (χ3v) is 5.40. The van der Waals surface area contributed by atoms with Gasteiger partial charge < -0.3 is 5.11 Å². The van der Waals surface area contributed by atoms with Crippen LogP contribution in [-0.2, 0) is 17.8 Å². The highest BCUT2D eigenvalue weighted by atomic mass is 19.1. The Balaban J connectivity index is 1.44. The summed E-state index contributed by atoms with van der Waals surface area (Å²) in [7, 11) is 0. The van der Waals surface area contributed by atoms with Gasteiger partial charge in [0.25, 0.3) is 5.91 Å². The normalized spacial score (nSPS) is 15.0. The molecule has 7 nitrogen and oxygen atoms in total. The van der Waals surface area contributed by atoms with Crippen LogP contribution in [0.3, 0.4) is 0 Å². The molecule has 0 radical (unpaired) electrons. The molecule has 3 rings (SSSR count). The maximum Gasteiger partial charge on any atom is 0.254 e. The molecule has 1 saturated heterocycles. The van der Waals surface area contributed by atoms with Crippen LogP contribution >= 0.6 is 0 Å². The van der Waals surface area contributed by atoms with Gasteiger partial charge in [0.15, 0.2) is 5.69 Å². The zero-order valence-electron chi connectivity index (χ0n) is 18.2. The maximum absolute atomic E-state index is 13.7. The first-order chi connectivity index (χ1) is 15.5. The maximum atomic E-state index is 13.7. The van der Waals surface area contributed by atoms with Crippen LogP contribution in [0.4, 0.5) is 10.1 Å². The predicted molar refractivity (Wildman–Crippen MR) is 122 cm³/mol. The minimum absolute atomic E-state index is 0.00824. The number of piperazine rings is 1. The number of nitrogens with one attached hydrogen (secondary N) is 1. The van der Waals surface area contributed by atoms with Gasteiger partial charge in [0.2, 0.25) is 0 Å². The molecule has 8 heteroatoms. The van der Waals surface area contributed by atoms with Crippen molar-refractivity contribution in [1.82, 2.24) is 15.2 Å². The standard InChI is InChI=1S/C24H28FN5O2/c1-3-4-19-13-21(25)14-20(24(19)32)15-27-28-23(31)17-30-11-9-29(10-12-30)16-18-5-7-22(26-2)8-6-18/h5-8,13-15,32H,3-4,9-12,16-17H2,1H3,(H,28,31)/b27-15-. The number of hydrogen-bond acceptors (Lipinski definition) is 5. The van der Waals surface area contributed by atoms with Gasteiger partial charge >= 0.3 is 0 Å². The van der Waals surface area contributed by atoms with Crippen molar-refractivity contribution in [2.75, 3.05) is 32.7 Å². The molecule has 0 bridgehead atoms. The Bertz CT molecular complexity index is 993. The lowest BCUT2D eigenvalue weighted by Crippen LogP contribution is -2.48. The second kappa shape index (κ2) is 11.4. The summed E-state index contributed by atoms with van der Waals surface area (Å²) in [6.45, 7) is 13.2. The van der Waals surface area contributed by atoms with Gasteiger partial charge in [-0.15, -0.1) is 0 Å². The Morgan fingerprint density at radius 1 is 1.22 bits per heavy atom. The van der Waals surface area contributed by atoms with Gasteiger partial charge in [0.1, 0.15) is 11.6 Å². The molecule has 0 aliphatic carbocycles. The quantitative estimate of drug-likeness (QED) is 0.378. The molecule has 0 aromatic heterocycles. The van der Waals surface area contributed by atoms with Crippen LogP contribution in [0, 0.1) is 12.4 Å². The molecule has 2 aromatic rings. The molecule has 0 unspecified atom stereocenters. The molecule has 0 spiro atoms. The number of halogens is 1. The first-order valence-corrected chi connectivity index (χ1v) is 10.7. The number of carbonyl (C=O) groups excluding carboxylic acids is 1. The molecular formula is C24H28FN5O2. The Kier molecular flexibility index (Phi) is 8.31. The van der Waals surface area contributed by atoms with E-state index in [-0.39, 0.29) is 23.8 Å². The van der Waals surface area contributed by atoms with E-state index in [9.17, 15) is 14.3 Å². The van der Waals surface area contributed by atoms with Crippen molar-refractivity contribution in [3.63, 3.8) is 0 Å². The molecule has 168 valence electrons. The van der Waals surface area contributed by atoms with Crippen molar-refractivity contribution in [1.29, 1.82) is 0 Å². The lowest BCUT2D eigenvalue weighted by Gasteiger charge is -2.34. The Morgan fingerprint density at radius 3 is 2.56 bits per heavy atom. The van der Waals surface area contributed by atoms with Gasteiger partial charge in [-0.2, -0.15) is 5.10 Å². The minimum atomic E-state index is -0.445. The number of aryl methyl sites for hydroxylation is 1. The first-order valence-electron chi connectivity index (χ1n) is 10.7. The molecule has 1 aliphatic heterocycles. The topological polar surface area (TPSA) is 72.5 Å². The SMILES string of the molecule is [C-]#[N+]c1ccc(CN2CCN(CC(=O)N/N=C\c3cc(F)cc(CCC)c3O)CC2)cc1. The third-order valence-electron chi connectivity index (χ3n) is 5.40. The van der Waals surface area contributed by atoms with Crippen molar-refractivity contribution < 1.29 is 14.3 Å². The average Bonchev–Trinajstić information content (AvgIpc) is 2.79. The summed E-state index contributed by atoms with van der Waals surface area (Å²) >= 11 is 0. The second-order valence-electron chi connectivity index (χ2n) is 7.88. The zero-order valence-corrected chi connectivity index (χ0v) is 18.2. The summed E-state index contributed by atoms with van der Waals surface area (Å²) in [5.74, 6) is -0.709. The fourth-order valence-corrected chi connectivity index (χ4v) is 3.69. The molecule has 0 atom stereocenters. The van der Waals surface area contributed by atoms with Crippen molar-refractivity contribution >= 4 is 17.8 Å². The van der Waals surface area contributed by atoms with E-state index in [1.54, 1.807) is 0 Å². The summed E-state index contributed by atoms with van der Waals surface area (Å²) in [6.07, 6.45) is 2.62. The minimum Gasteiger partial charge on any atom is -0.507 e. The van der Waals surface area contributed by atoms with E-state index >= 15 is 0 Å². The monoisotopic (exact) mass is 437 g/mol. The Morgan fingerprint density at radius 2 is 1.91 bits per heavy atom. The van der Waals surface area contributed by atoms with Crippen molar-refractivity contribution in [3.8, 4) is 5.75 Å². The van der Waals surface area contributed by atoms with Crippen LogP contribution in [0.5, 0.6) is 5.75 Å². The van der Waals surface area contributed by atoms with E-state index in [4.69, 9.17) is 6.57 Å². The fraction of sp³-hybridized carbons (Fsp3) is 0.375. The van der Waals surface area contributed by atoms with Crippen LogP contribution in [0.1, 0.15) is 30.0 Å².